The lowest BCUT2D eigenvalue weighted by atomic mass is 9.78. The van der Waals surface area contributed by atoms with E-state index in [2.05, 4.69) is 50.0 Å². The summed E-state index contributed by atoms with van der Waals surface area (Å²) in [5.74, 6) is 8.33. The van der Waals surface area contributed by atoms with E-state index in [4.69, 9.17) is 0 Å². The molecule has 0 N–H and O–H groups in total. The average molecular weight is 427 g/mol. The summed E-state index contributed by atoms with van der Waals surface area (Å²) in [6, 6.07) is 18.4. The molecule has 0 aliphatic heterocycles. The maximum atomic E-state index is 14.7. The molecule has 0 unspecified atom stereocenters. The van der Waals surface area contributed by atoms with Gasteiger partial charge in [-0.2, -0.15) is 0 Å². The van der Waals surface area contributed by atoms with Crippen LogP contribution in [0.2, 0.25) is 0 Å². The number of halogens is 1. The van der Waals surface area contributed by atoms with Crippen LogP contribution in [0, 0.1) is 29.5 Å². The average Bonchev–Trinajstić information content (AvgIpc) is 2.84. The van der Waals surface area contributed by atoms with Crippen molar-refractivity contribution in [1.29, 1.82) is 0 Å². The van der Waals surface area contributed by atoms with Crippen molar-refractivity contribution in [2.75, 3.05) is 0 Å². The van der Waals surface area contributed by atoms with E-state index in [0.29, 0.717) is 5.39 Å². The van der Waals surface area contributed by atoms with Crippen LogP contribution >= 0.6 is 0 Å². The Morgan fingerprint density at radius 3 is 2.19 bits per heavy atom. The van der Waals surface area contributed by atoms with Gasteiger partial charge in [0, 0.05) is 16.5 Å². The first kappa shape index (κ1) is 22.6. The molecule has 0 heterocycles. The van der Waals surface area contributed by atoms with Crippen molar-refractivity contribution in [3.8, 4) is 11.8 Å². The van der Waals surface area contributed by atoms with Crippen LogP contribution in [0.5, 0.6) is 0 Å². The molecule has 0 spiro atoms. The lowest BCUT2D eigenvalue weighted by Gasteiger charge is -2.27. The lowest BCUT2D eigenvalue weighted by Crippen LogP contribution is -2.14. The predicted octanol–water partition coefficient (Wildman–Crippen LogP) is 8.48. The second-order valence-electron chi connectivity index (χ2n) is 9.51. The van der Waals surface area contributed by atoms with Crippen molar-refractivity contribution >= 4 is 10.8 Å². The number of hydrogen-bond acceptors (Lipinski definition) is 0. The topological polar surface area (TPSA) is 0 Å². The van der Waals surface area contributed by atoms with Gasteiger partial charge in [-0.1, -0.05) is 94.5 Å². The second kappa shape index (κ2) is 10.8. The first-order valence-corrected chi connectivity index (χ1v) is 12.5. The molecular formula is C31H35F. The monoisotopic (exact) mass is 426 g/mol. The van der Waals surface area contributed by atoms with E-state index in [9.17, 15) is 4.39 Å². The smallest absolute Gasteiger partial charge is 0.134 e. The Morgan fingerprint density at radius 1 is 0.781 bits per heavy atom. The van der Waals surface area contributed by atoms with E-state index in [-0.39, 0.29) is 5.82 Å². The minimum atomic E-state index is -0.0853. The standard InChI is InChI=1S/C31H35F/c1-3-5-28-19-20-29-22-27(18-21-30(29)31(28)32)17-16-26-14-12-25(13-15-26)11-10-24-8-6-23(4-2)7-9-24/h12-15,18-24H,3-11H2,1-2H3. The number of rotatable bonds is 6. The van der Waals surface area contributed by atoms with Crippen LogP contribution in [-0.2, 0) is 12.8 Å². The molecule has 0 nitrogen and oxygen atoms in total. The predicted molar refractivity (Wildman–Crippen MR) is 134 cm³/mol. The van der Waals surface area contributed by atoms with Gasteiger partial charge in [-0.05, 0) is 71.9 Å². The second-order valence-corrected chi connectivity index (χ2v) is 9.51. The fourth-order valence-corrected chi connectivity index (χ4v) is 5.08. The van der Waals surface area contributed by atoms with Gasteiger partial charge < -0.3 is 0 Å². The Labute approximate surface area is 193 Å². The van der Waals surface area contributed by atoms with Crippen molar-refractivity contribution in [3.05, 3.63) is 82.7 Å². The zero-order valence-corrected chi connectivity index (χ0v) is 19.6. The minimum Gasteiger partial charge on any atom is -0.206 e. The number of benzene rings is 3. The van der Waals surface area contributed by atoms with Crippen molar-refractivity contribution < 1.29 is 4.39 Å². The molecule has 1 saturated carbocycles. The molecule has 166 valence electrons. The molecule has 0 radical (unpaired) electrons. The Morgan fingerprint density at radius 2 is 1.47 bits per heavy atom. The maximum Gasteiger partial charge on any atom is 0.134 e. The van der Waals surface area contributed by atoms with Gasteiger partial charge in [-0.3, -0.25) is 0 Å². The van der Waals surface area contributed by atoms with Gasteiger partial charge in [0.05, 0.1) is 0 Å². The van der Waals surface area contributed by atoms with Crippen molar-refractivity contribution in [3.63, 3.8) is 0 Å². The quantitative estimate of drug-likeness (QED) is 0.347. The van der Waals surface area contributed by atoms with E-state index in [0.717, 1.165) is 46.8 Å². The normalized spacial score (nSPS) is 18.3. The number of hydrogen-bond donors (Lipinski definition) is 0. The highest BCUT2D eigenvalue weighted by atomic mass is 19.1. The third-order valence-electron chi connectivity index (χ3n) is 7.24. The van der Waals surface area contributed by atoms with Gasteiger partial charge in [-0.15, -0.1) is 0 Å². The molecule has 1 heteroatoms. The molecule has 3 aromatic carbocycles. The van der Waals surface area contributed by atoms with Gasteiger partial charge in [0.15, 0.2) is 0 Å². The highest BCUT2D eigenvalue weighted by Crippen LogP contribution is 2.33. The molecular weight excluding hydrogens is 391 g/mol. The summed E-state index contributed by atoms with van der Waals surface area (Å²) in [7, 11) is 0. The van der Waals surface area contributed by atoms with Gasteiger partial charge in [-0.25, -0.2) is 4.39 Å². The summed E-state index contributed by atoms with van der Waals surface area (Å²) in [5, 5.41) is 1.60. The fraction of sp³-hybridized carbons (Fsp3) is 0.419. The van der Waals surface area contributed by atoms with Gasteiger partial charge >= 0.3 is 0 Å². The van der Waals surface area contributed by atoms with Crippen LogP contribution in [0.25, 0.3) is 10.8 Å². The molecule has 4 rings (SSSR count). The molecule has 1 fully saturated rings. The van der Waals surface area contributed by atoms with Crippen LogP contribution in [0.4, 0.5) is 4.39 Å². The fourth-order valence-electron chi connectivity index (χ4n) is 5.08. The maximum absolute atomic E-state index is 14.7. The zero-order chi connectivity index (χ0) is 22.3. The van der Waals surface area contributed by atoms with Crippen molar-refractivity contribution in [1.82, 2.24) is 0 Å². The third kappa shape index (κ3) is 5.60. The van der Waals surface area contributed by atoms with Crippen molar-refractivity contribution in [2.24, 2.45) is 11.8 Å². The molecule has 0 aromatic heterocycles. The first-order valence-electron chi connectivity index (χ1n) is 12.5. The van der Waals surface area contributed by atoms with Crippen LogP contribution in [0.1, 0.15) is 81.0 Å². The molecule has 32 heavy (non-hydrogen) atoms. The SMILES string of the molecule is CCCc1ccc2cc(C#Cc3ccc(CCC4CCC(CC)CC4)cc3)ccc2c1F. The summed E-state index contributed by atoms with van der Waals surface area (Å²) in [5.41, 5.74) is 4.17. The van der Waals surface area contributed by atoms with E-state index in [1.54, 1.807) is 0 Å². The summed E-state index contributed by atoms with van der Waals surface area (Å²) in [6.45, 7) is 4.41. The van der Waals surface area contributed by atoms with Crippen molar-refractivity contribution in [2.45, 2.75) is 71.6 Å². The molecule has 0 amide bonds. The van der Waals surface area contributed by atoms with E-state index >= 15 is 0 Å². The van der Waals surface area contributed by atoms with E-state index < -0.39 is 0 Å². The Hall–Kier alpha value is -2.59. The summed E-state index contributed by atoms with van der Waals surface area (Å²) in [4.78, 5) is 0. The third-order valence-corrected chi connectivity index (χ3v) is 7.24. The molecule has 0 atom stereocenters. The molecule has 0 bridgehead atoms. The summed E-state index contributed by atoms with van der Waals surface area (Å²) in [6.07, 6.45) is 11.2. The van der Waals surface area contributed by atoms with Crippen LogP contribution in [0.15, 0.2) is 54.6 Å². The molecule has 1 aliphatic rings. The largest absolute Gasteiger partial charge is 0.206 e. The lowest BCUT2D eigenvalue weighted by molar-refractivity contribution is 0.259. The Kier molecular flexibility index (Phi) is 7.64. The zero-order valence-electron chi connectivity index (χ0n) is 19.6. The number of aryl methyl sites for hydroxylation is 2. The van der Waals surface area contributed by atoms with Gasteiger partial charge in [0.2, 0.25) is 0 Å². The van der Waals surface area contributed by atoms with E-state index in [1.165, 1.54) is 50.5 Å². The highest BCUT2D eigenvalue weighted by Gasteiger charge is 2.19. The minimum absolute atomic E-state index is 0.0853. The molecule has 0 saturated heterocycles. The Bertz CT molecular complexity index is 1090. The van der Waals surface area contributed by atoms with Crippen LogP contribution in [0.3, 0.4) is 0 Å². The van der Waals surface area contributed by atoms with Gasteiger partial charge in [0.1, 0.15) is 5.82 Å². The summed E-state index contributed by atoms with van der Waals surface area (Å²) >= 11 is 0. The number of fused-ring (bicyclic) bond motifs is 1. The Balaban J connectivity index is 1.37. The first-order chi connectivity index (χ1) is 15.7. The molecule has 1 aliphatic carbocycles. The van der Waals surface area contributed by atoms with Gasteiger partial charge in [0.25, 0.3) is 0 Å². The molecule has 3 aromatic rings. The van der Waals surface area contributed by atoms with Crippen LogP contribution in [-0.4, -0.2) is 0 Å². The van der Waals surface area contributed by atoms with Crippen LogP contribution < -0.4 is 0 Å². The summed E-state index contributed by atoms with van der Waals surface area (Å²) < 4.78 is 14.7. The highest BCUT2D eigenvalue weighted by molar-refractivity contribution is 5.85. The van der Waals surface area contributed by atoms with E-state index in [1.807, 2.05) is 30.3 Å².